The van der Waals surface area contributed by atoms with Crippen LogP contribution in [0.15, 0.2) is 95.4 Å². The van der Waals surface area contributed by atoms with Crippen molar-refractivity contribution in [3.8, 4) is 33.8 Å². The van der Waals surface area contributed by atoms with E-state index >= 15 is 0 Å². The highest BCUT2D eigenvalue weighted by Gasteiger charge is 2.22. The van der Waals surface area contributed by atoms with Crippen molar-refractivity contribution in [1.29, 1.82) is 0 Å². The topological polar surface area (TPSA) is 104 Å². The van der Waals surface area contributed by atoms with Crippen molar-refractivity contribution in [2.45, 2.75) is 52.4 Å². The predicted molar refractivity (Wildman–Crippen MR) is 137 cm³/mol. The molecule has 0 aliphatic rings. The van der Waals surface area contributed by atoms with Gasteiger partial charge in [0.15, 0.2) is 0 Å². The Bertz CT molecular complexity index is 1210. The van der Waals surface area contributed by atoms with Gasteiger partial charge in [0.2, 0.25) is 0 Å². The Kier molecular flexibility index (Phi) is 8.58. The van der Waals surface area contributed by atoms with Crippen molar-refractivity contribution >= 4 is 0 Å². The lowest BCUT2D eigenvalue weighted by Gasteiger charge is -2.18. The van der Waals surface area contributed by atoms with Crippen LogP contribution in [0.25, 0.3) is 33.8 Å². The molecule has 6 heteroatoms. The summed E-state index contributed by atoms with van der Waals surface area (Å²) in [6, 6.07) is 32.3. The van der Waals surface area contributed by atoms with Gasteiger partial charge in [0.25, 0.3) is 0 Å². The molecule has 0 fully saturated rings. The first-order valence-corrected chi connectivity index (χ1v) is 13.2. The van der Waals surface area contributed by atoms with Gasteiger partial charge in [0, 0.05) is 5.56 Å². The lowest BCUT2D eigenvalue weighted by Crippen LogP contribution is -2.68. The maximum absolute atomic E-state index is 8.49. The van der Waals surface area contributed by atoms with E-state index in [0.717, 1.165) is 28.2 Å². The van der Waals surface area contributed by atoms with Gasteiger partial charge in [0.05, 0.1) is 23.3 Å². The lowest BCUT2D eigenvalue weighted by molar-refractivity contribution is -2.00. The number of hydrogen-bond donors (Lipinski definition) is 0. The molecule has 0 saturated carbocycles. The van der Waals surface area contributed by atoms with Crippen molar-refractivity contribution in [3.63, 3.8) is 0 Å². The molecule has 1 heterocycles. The molecule has 1 aromatic heterocycles. The van der Waals surface area contributed by atoms with Crippen LogP contribution in [0.2, 0.25) is 0 Å². The molecule has 0 N–H and O–H groups in total. The second-order valence-electron chi connectivity index (χ2n) is 11.0. The normalized spacial score (nSPS) is 12.1. The van der Waals surface area contributed by atoms with Crippen LogP contribution in [-0.4, -0.2) is 0 Å². The number of hydrogen-bond acceptors (Lipinski definition) is 4. The highest BCUT2D eigenvalue weighted by Crippen LogP contribution is 2.34. The molecule has 194 valence electrons. The summed E-state index contributed by atoms with van der Waals surface area (Å²) < 4.78 is 40.4. The summed E-state index contributed by atoms with van der Waals surface area (Å²) in [7, 11) is -4.94. The zero-order valence-corrected chi connectivity index (χ0v) is 22.8. The minimum Gasteiger partial charge on any atom is -0.222 e. The third-order valence-electron chi connectivity index (χ3n) is 5.97. The third kappa shape index (κ3) is 8.49. The average molecular weight is 521 g/mol. The van der Waals surface area contributed by atoms with E-state index in [-0.39, 0.29) is 10.8 Å². The summed E-state index contributed by atoms with van der Waals surface area (Å²) in [5, 5.41) is 0. The Balaban J connectivity index is 0.000000695. The van der Waals surface area contributed by atoms with E-state index in [0.29, 0.717) is 0 Å². The largest absolute Gasteiger partial charge is 0.361 e. The Morgan fingerprint density at radius 1 is 0.486 bits per heavy atom. The highest BCUT2D eigenvalue weighted by molar-refractivity contribution is 5.74. The van der Waals surface area contributed by atoms with Gasteiger partial charge >= 0.3 is 11.5 Å². The van der Waals surface area contributed by atoms with E-state index in [1.807, 2.05) is 0 Å². The Morgan fingerprint density at radius 2 is 0.838 bits per heavy atom. The van der Waals surface area contributed by atoms with Gasteiger partial charge in [-0.2, -0.15) is 0 Å². The number of halogens is 1. The van der Waals surface area contributed by atoms with E-state index in [9.17, 15) is 0 Å². The molecule has 0 spiro atoms. The lowest BCUT2D eigenvalue weighted by atomic mass is 9.86. The fraction of sp³-hybridized carbons (Fsp3) is 0.258. The first kappa shape index (κ1) is 28.5. The van der Waals surface area contributed by atoms with Crippen LogP contribution < -0.4 is 18.6 Å². The summed E-state index contributed by atoms with van der Waals surface area (Å²) in [5.41, 5.74) is 7.40. The fourth-order valence-electron chi connectivity index (χ4n) is 3.85. The van der Waals surface area contributed by atoms with Crippen LogP contribution in [0.4, 0.5) is 0 Å². The standard InChI is InChI=1S/C31H33O.ClHO4/c1-30(2,3)26-16-12-23(13-17-26)28-20-25(22-10-8-7-9-11-22)21-29(32-28)24-14-18-27(19-15-24)31(4,5)6;2-1(3,4)5/h7-21H,1-6H3;(H,2,3,4,5)/q+1;/p-1. The fourth-order valence-corrected chi connectivity index (χ4v) is 3.85. The molecule has 0 saturated heterocycles. The van der Waals surface area contributed by atoms with Gasteiger partial charge in [-0.3, -0.25) is 0 Å². The molecule has 0 amide bonds. The molecule has 37 heavy (non-hydrogen) atoms. The summed E-state index contributed by atoms with van der Waals surface area (Å²) in [4.78, 5) is 0. The third-order valence-corrected chi connectivity index (χ3v) is 5.97. The smallest absolute Gasteiger partial charge is 0.222 e. The van der Waals surface area contributed by atoms with Crippen molar-refractivity contribution in [2.24, 2.45) is 0 Å². The van der Waals surface area contributed by atoms with E-state index in [2.05, 4.69) is 133 Å². The zero-order chi connectivity index (χ0) is 27.4. The van der Waals surface area contributed by atoms with Crippen molar-refractivity contribution < 1.29 is 33.3 Å². The Morgan fingerprint density at radius 3 is 1.16 bits per heavy atom. The maximum Gasteiger partial charge on any atom is 0.361 e. The van der Waals surface area contributed by atoms with Crippen LogP contribution in [0.3, 0.4) is 0 Å². The Labute approximate surface area is 221 Å². The van der Waals surface area contributed by atoms with Gasteiger partial charge in [-0.15, -0.1) is 10.2 Å². The summed E-state index contributed by atoms with van der Waals surface area (Å²) in [6.07, 6.45) is 0. The van der Waals surface area contributed by atoms with Gasteiger partial charge in [-0.1, -0.05) is 96.1 Å². The minimum atomic E-state index is -4.94. The molecular weight excluding hydrogens is 488 g/mol. The molecule has 4 aromatic rings. The van der Waals surface area contributed by atoms with Gasteiger partial charge in [0.1, 0.15) is 0 Å². The summed E-state index contributed by atoms with van der Waals surface area (Å²) >= 11 is 0. The van der Waals surface area contributed by atoms with Crippen LogP contribution in [0.1, 0.15) is 52.7 Å². The second kappa shape index (κ2) is 11.1. The first-order chi connectivity index (χ1) is 17.1. The van der Waals surface area contributed by atoms with E-state index in [1.54, 1.807) is 0 Å². The molecule has 4 rings (SSSR count). The van der Waals surface area contributed by atoms with E-state index < -0.39 is 10.2 Å². The molecule has 5 nitrogen and oxygen atoms in total. The van der Waals surface area contributed by atoms with Crippen LogP contribution in [0.5, 0.6) is 0 Å². The molecule has 0 atom stereocenters. The molecule has 0 aliphatic heterocycles. The molecule has 3 aromatic carbocycles. The Hall–Kier alpha value is -3.06. The average Bonchev–Trinajstić information content (AvgIpc) is 2.82. The molecule has 0 unspecified atom stereocenters. The molecular formula is C31H33ClO5. The SMILES string of the molecule is CC(C)(C)c1ccc(-c2cc(-c3ccccc3)cc(-c3ccc(C(C)(C)C)cc3)[o+]2)cc1.[O-][Cl+3]([O-])([O-])[O-]. The first-order valence-electron chi connectivity index (χ1n) is 12.0. The molecule has 0 aliphatic carbocycles. The van der Waals surface area contributed by atoms with Gasteiger partial charge in [-0.05, 0) is 51.8 Å². The van der Waals surface area contributed by atoms with Crippen LogP contribution in [0, 0.1) is 10.2 Å². The second-order valence-corrected chi connectivity index (χ2v) is 11.7. The number of benzene rings is 3. The van der Waals surface area contributed by atoms with Crippen LogP contribution in [-0.2, 0) is 10.8 Å². The van der Waals surface area contributed by atoms with Crippen molar-refractivity contribution in [1.82, 2.24) is 0 Å². The minimum absolute atomic E-state index is 0.127. The van der Waals surface area contributed by atoms with Gasteiger partial charge in [-0.25, -0.2) is 23.1 Å². The quantitative estimate of drug-likeness (QED) is 0.372. The predicted octanol–water partition coefficient (Wildman–Crippen LogP) is 4.40. The van der Waals surface area contributed by atoms with E-state index in [4.69, 9.17) is 23.1 Å². The zero-order valence-electron chi connectivity index (χ0n) is 22.1. The molecule has 0 bridgehead atoms. The summed E-state index contributed by atoms with van der Waals surface area (Å²) in [5.74, 6) is 1.75. The maximum atomic E-state index is 8.49. The number of rotatable bonds is 3. The molecule has 0 radical (unpaired) electrons. The highest BCUT2D eigenvalue weighted by atomic mass is 35.7. The van der Waals surface area contributed by atoms with Crippen LogP contribution >= 0.6 is 0 Å². The van der Waals surface area contributed by atoms with Crippen molar-refractivity contribution in [3.05, 3.63) is 102 Å². The van der Waals surface area contributed by atoms with Crippen molar-refractivity contribution in [2.75, 3.05) is 0 Å². The van der Waals surface area contributed by atoms with Gasteiger partial charge < -0.3 is 0 Å². The van der Waals surface area contributed by atoms with E-state index in [1.165, 1.54) is 16.7 Å². The monoisotopic (exact) mass is 520 g/mol. The summed E-state index contributed by atoms with van der Waals surface area (Å²) in [6.45, 7) is 13.4.